The molecular weight excluding hydrogens is 484 g/mol. The lowest BCUT2D eigenvalue weighted by Gasteiger charge is -2.18. The van der Waals surface area contributed by atoms with E-state index in [1.54, 1.807) is 0 Å². The van der Waals surface area contributed by atoms with Gasteiger partial charge in [0, 0.05) is 15.8 Å². The summed E-state index contributed by atoms with van der Waals surface area (Å²) in [5, 5.41) is 4.35. The number of carbonyl (C=O) groups is 2. The summed E-state index contributed by atoms with van der Waals surface area (Å²) in [4.78, 5) is 32.5. The molecule has 4 aromatic rings. The van der Waals surface area contributed by atoms with E-state index in [-0.39, 0.29) is 5.91 Å². The van der Waals surface area contributed by atoms with Gasteiger partial charge >= 0.3 is 5.97 Å². The molecule has 1 amide bonds. The minimum absolute atomic E-state index is 0.282. The summed E-state index contributed by atoms with van der Waals surface area (Å²) in [5.41, 5.74) is 4.26. The van der Waals surface area contributed by atoms with Crippen LogP contribution in [0.5, 0.6) is 5.75 Å². The van der Waals surface area contributed by atoms with Gasteiger partial charge in [-0.2, -0.15) is 0 Å². The van der Waals surface area contributed by atoms with E-state index in [1.807, 2.05) is 54.6 Å². The Morgan fingerprint density at radius 3 is 2.78 bits per heavy atom. The number of carbonyl (C=O) groups excluding carboxylic acids is 2. The van der Waals surface area contributed by atoms with Crippen LogP contribution in [0.1, 0.15) is 57.8 Å². The average Bonchev–Trinajstić information content (AvgIpc) is 3.27. The zero-order valence-corrected chi connectivity index (χ0v) is 22.1. The fraction of sp³-hybridized carbons (Fsp3) is 0.300. The molecular formula is C30H30N2O4S. The second-order valence-electron chi connectivity index (χ2n) is 9.45. The predicted molar refractivity (Wildman–Crippen MR) is 148 cm³/mol. The van der Waals surface area contributed by atoms with Crippen molar-refractivity contribution in [2.45, 2.75) is 39.5 Å². The summed E-state index contributed by atoms with van der Waals surface area (Å²) < 4.78 is 10.9. The summed E-state index contributed by atoms with van der Waals surface area (Å²) in [5.74, 6) is 0.618. The lowest BCUT2D eigenvalue weighted by Crippen LogP contribution is -2.16. The van der Waals surface area contributed by atoms with Gasteiger partial charge in [0.05, 0.1) is 36.1 Å². The van der Waals surface area contributed by atoms with E-state index in [1.165, 1.54) is 18.4 Å². The Balaban J connectivity index is 1.55. The van der Waals surface area contributed by atoms with Crippen LogP contribution in [0.15, 0.2) is 54.6 Å². The van der Waals surface area contributed by atoms with Crippen molar-refractivity contribution in [2.75, 3.05) is 19.0 Å². The zero-order chi connectivity index (χ0) is 25.9. The molecule has 5 rings (SSSR count). The number of aromatic nitrogens is 1. The Labute approximate surface area is 220 Å². The van der Waals surface area contributed by atoms with Gasteiger partial charge in [-0.05, 0) is 61.4 Å². The van der Waals surface area contributed by atoms with Crippen LogP contribution < -0.4 is 10.1 Å². The highest BCUT2D eigenvalue weighted by Gasteiger charge is 2.29. The van der Waals surface area contributed by atoms with Crippen molar-refractivity contribution in [1.29, 1.82) is 0 Å². The first-order valence-electron chi connectivity index (χ1n) is 12.7. The van der Waals surface area contributed by atoms with Gasteiger partial charge in [-0.1, -0.05) is 44.2 Å². The first kappa shape index (κ1) is 25.0. The number of thiophene rings is 1. The maximum absolute atomic E-state index is 13.8. The molecule has 0 aliphatic heterocycles. The van der Waals surface area contributed by atoms with Gasteiger partial charge in [0.25, 0.3) is 5.91 Å². The maximum Gasteiger partial charge on any atom is 0.341 e. The number of benzene rings is 2. The second-order valence-corrected chi connectivity index (χ2v) is 10.6. The number of amides is 1. The fourth-order valence-corrected chi connectivity index (χ4v) is 6.20. The van der Waals surface area contributed by atoms with Crippen molar-refractivity contribution in [1.82, 2.24) is 4.98 Å². The lowest BCUT2D eigenvalue weighted by molar-refractivity contribution is 0.0601. The third-order valence-electron chi connectivity index (χ3n) is 6.69. The number of pyridine rings is 1. The third kappa shape index (κ3) is 5.09. The van der Waals surface area contributed by atoms with E-state index in [0.717, 1.165) is 58.3 Å². The number of anilines is 1. The minimum atomic E-state index is -0.411. The van der Waals surface area contributed by atoms with Gasteiger partial charge in [-0.25, -0.2) is 9.78 Å². The number of hydrogen-bond acceptors (Lipinski definition) is 6. The van der Waals surface area contributed by atoms with Crippen LogP contribution in [0.25, 0.3) is 22.2 Å². The molecule has 2 aromatic carbocycles. The normalized spacial score (nSPS) is 14.7. The topological polar surface area (TPSA) is 77.5 Å². The standard InChI is InChI=1S/C30H30N2O4S/c1-4-14-36-20-9-7-8-19(16-20)25-17-23(21-10-5-6-11-24(21)31-25)28(33)32-29-27(30(34)35-3)22-13-12-18(2)15-26(22)37-29/h5-11,16-18H,4,12-15H2,1-3H3,(H,32,33)/t18-/m1/s1. The highest BCUT2D eigenvalue weighted by molar-refractivity contribution is 7.17. The van der Waals surface area contributed by atoms with Crippen LogP contribution >= 0.6 is 11.3 Å². The lowest BCUT2D eigenvalue weighted by atomic mass is 9.88. The molecule has 1 N–H and O–H groups in total. The summed E-state index contributed by atoms with van der Waals surface area (Å²) in [6, 6.07) is 17.2. The van der Waals surface area contributed by atoms with Crippen LogP contribution in [0.4, 0.5) is 5.00 Å². The first-order valence-corrected chi connectivity index (χ1v) is 13.5. The van der Waals surface area contributed by atoms with Crippen molar-refractivity contribution in [3.63, 3.8) is 0 Å². The second kappa shape index (κ2) is 10.7. The minimum Gasteiger partial charge on any atom is -0.494 e. The Morgan fingerprint density at radius 1 is 1.14 bits per heavy atom. The number of esters is 1. The SMILES string of the molecule is CCCOc1cccc(-c2cc(C(=O)Nc3sc4c(c3C(=O)OC)CC[C@@H](C)C4)c3ccccc3n2)c1. The number of methoxy groups -OCH3 is 1. The molecule has 1 atom stereocenters. The molecule has 0 radical (unpaired) electrons. The Morgan fingerprint density at radius 2 is 1.97 bits per heavy atom. The molecule has 0 unspecified atom stereocenters. The van der Waals surface area contributed by atoms with Crippen molar-refractivity contribution in [3.8, 4) is 17.0 Å². The molecule has 0 saturated heterocycles. The van der Waals surface area contributed by atoms with Crippen LogP contribution in [0.3, 0.4) is 0 Å². The van der Waals surface area contributed by atoms with E-state index >= 15 is 0 Å². The van der Waals surface area contributed by atoms with Crippen LogP contribution in [-0.2, 0) is 17.6 Å². The number of ether oxygens (including phenoxy) is 2. The van der Waals surface area contributed by atoms with Crippen molar-refractivity contribution in [2.24, 2.45) is 5.92 Å². The number of fused-ring (bicyclic) bond motifs is 2. The average molecular weight is 515 g/mol. The van der Waals surface area contributed by atoms with Crippen LogP contribution in [0.2, 0.25) is 0 Å². The molecule has 1 aliphatic carbocycles. The fourth-order valence-electron chi connectivity index (χ4n) is 4.80. The van der Waals surface area contributed by atoms with Gasteiger partial charge in [0.1, 0.15) is 10.8 Å². The number of nitrogens with zero attached hydrogens (tertiary/aromatic N) is 1. The Bertz CT molecular complexity index is 1480. The third-order valence-corrected chi connectivity index (χ3v) is 7.86. The van der Waals surface area contributed by atoms with Crippen LogP contribution in [0, 0.1) is 5.92 Å². The van der Waals surface area contributed by atoms with Gasteiger partial charge < -0.3 is 14.8 Å². The molecule has 190 valence electrons. The monoisotopic (exact) mass is 514 g/mol. The molecule has 6 nitrogen and oxygen atoms in total. The molecule has 0 spiro atoms. The highest BCUT2D eigenvalue weighted by Crippen LogP contribution is 2.40. The largest absolute Gasteiger partial charge is 0.494 e. The summed E-state index contributed by atoms with van der Waals surface area (Å²) in [6.45, 7) is 4.91. The maximum atomic E-state index is 13.8. The number of hydrogen-bond donors (Lipinski definition) is 1. The number of rotatable bonds is 7. The predicted octanol–water partition coefficient (Wildman–Crippen LogP) is 6.92. The first-order chi connectivity index (χ1) is 18.0. The molecule has 1 aliphatic rings. The highest BCUT2D eigenvalue weighted by atomic mass is 32.1. The molecule has 0 saturated carbocycles. The van der Waals surface area contributed by atoms with Gasteiger partial charge in [0.2, 0.25) is 0 Å². The van der Waals surface area contributed by atoms with E-state index in [9.17, 15) is 9.59 Å². The van der Waals surface area contributed by atoms with E-state index in [2.05, 4.69) is 19.2 Å². The quantitative estimate of drug-likeness (QED) is 0.271. The Hall–Kier alpha value is -3.71. The van der Waals surface area contributed by atoms with Gasteiger partial charge in [-0.3, -0.25) is 4.79 Å². The molecule has 2 aromatic heterocycles. The smallest absolute Gasteiger partial charge is 0.341 e. The molecule has 7 heteroatoms. The van der Waals surface area contributed by atoms with Crippen LogP contribution in [-0.4, -0.2) is 30.6 Å². The molecule has 37 heavy (non-hydrogen) atoms. The van der Waals surface area contributed by atoms with Gasteiger partial charge in [-0.15, -0.1) is 11.3 Å². The molecule has 0 bridgehead atoms. The van der Waals surface area contributed by atoms with Crippen molar-refractivity contribution in [3.05, 3.63) is 76.2 Å². The summed E-state index contributed by atoms with van der Waals surface area (Å²) in [6.07, 6.45) is 3.65. The number of para-hydroxylation sites is 1. The van der Waals surface area contributed by atoms with Crippen molar-refractivity contribution >= 4 is 39.1 Å². The molecule has 0 fully saturated rings. The van der Waals surface area contributed by atoms with E-state index in [0.29, 0.717) is 34.3 Å². The van der Waals surface area contributed by atoms with E-state index in [4.69, 9.17) is 14.5 Å². The van der Waals surface area contributed by atoms with E-state index < -0.39 is 5.97 Å². The number of nitrogens with one attached hydrogen (secondary N) is 1. The summed E-state index contributed by atoms with van der Waals surface area (Å²) >= 11 is 1.48. The van der Waals surface area contributed by atoms with Crippen molar-refractivity contribution < 1.29 is 19.1 Å². The summed E-state index contributed by atoms with van der Waals surface area (Å²) in [7, 11) is 1.38. The Kier molecular flexibility index (Phi) is 7.24. The zero-order valence-electron chi connectivity index (χ0n) is 21.3. The molecule has 2 heterocycles. The van der Waals surface area contributed by atoms with Gasteiger partial charge in [0.15, 0.2) is 0 Å².